The largest absolute Gasteiger partial charge is 0.349 e. The Morgan fingerprint density at radius 3 is 2.25 bits per heavy atom. The first-order valence-electron chi connectivity index (χ1n) is 7.71. The van der Waals surface area contributed by atoms with E-state index in [1.54, 1.807) is 0 Å². The van der Waals surface area contributed by atoms with Crippen molar-refractivity contribution in [3.63, 3.8) is 0 Å². The van der Waals surface area contributed by atoms with Crippen molar-refractivity contribution in [2.45, 2.75) is 53.4 Å². The van der Waals surface area contributed by atoms with Crippen molar-refractivity contribution in [3.8, 4) is 0 Å². The second-order valence-corrected chi connectivity index (χ2v) is 5.83. The molecular formula is C17H28N2S. The Balaban J connectivity index is 2.70. The summed E-state index contributed by atoms with van der Waals surface area (Å²) in [5.41, 5.74) is 3.63. The van der Waals surface area contributed by atoms with E-state index in [1.165, 1.54) is 36.8 Å². The van der Waals surface area contributed by atoms with E-state index in [4.69, 9.17) is 12.2 Å². The second kappa shape index (κ2) is 8.96. The Labute approximate surface area is 129 Å². The van der Waals surface area contributed by atoms with Crippen LogP contribution >= 0.6 is 12.2 Å². The number of rotatable bonds is 7. The molecule has 0 spiro atoms. The summed E-state index contributed by atoms with van der Waals surface area (Å²) in [7, 11) is 0. The number of thiocarbonyl (C=S) groups is 1. The van der Waals surface area contributed by atoms with Crippen molar-refractivity contribution in [2.24, 2.45) is 0 Å². The zero-order valence-electron chi connectivity index (χ0n) is 13.3. The van der Waals surface area contributed by atoms with Gasteiger partial charge in [0.05, 0.1) is 0 Å². The van der Waals surface area contributed by atoms with Crippen LogP contribution in [0.25, 0.3) is 0 Å². The highest BCUT2D eigenvalue weighted by molar-refractivity contribution is 7.80. The van der Waals surface area contributed by atoms with Crippen molar-refractivity contribution >= 4 is 23.0 Å². The molecule has 0 amide bonds. The number of unbranched alkanes of at least 4 members (excludes halogenated alkanes) is 2. The molecule has 2 nitrogen and oxygen atoms in total. The maximum absolute atomic E-state index is 5.60. The van der Waals surface area contributed by atoms with Gasteiger partial charge in [0, 0.05) is 18.8 Å². The van der Waals surface area contributed by atoms with Gasteiger partial charge in [0.15, 0.2) is 5.11 Å². The molecule has 0 unspecified atom stereocenters. The number of anilines is 1. The van der Waals surface area contributed by atoms with Gasteiger partial charge in [0.1, 0.15) is 0 Å². The van der Waals surface area contributed by atoms with Crippen LogP contribution in [0.5, 0.6) is 0 Å². The predicted octanol–water partition coefficient (Wildman–Crippen LogP) is 4.90. The molecule has 0 bridgehead atoms. The van der Waals surface area contributed by atoms with Gasteiger partial charge in [-0.15, -0.1) is 0 Å². The molecule has 0 fully saturated rings. The standard InChI is InChI=1S/C17H28N2S/c1-5-7-11-19(12-8-6-2)17(20)18-16-13-14(3)9-10-15(16)4/h9-10,13H,5-8,11-12H2,1-4H3,(H,18,20). The average Bonchev–Trinajstić information content (AvgIpc) is 2.43. The van der Waals surface area contributed by atoms with Gasteiger partial charge in [-0.25, -0.2) is 0 Å². The summed E-state index contributed by atoms with van der Waals surface area (Å²) in [4.78, 5) is 2.31. The van der Waals surface area contributed by atoms with Crippen LogP contribution in [-0.2, 0) is 0 Å². The number of nitrogens with zero attached hydrogens (tertiary/aromatic N) is 1. The van der Waals surface area contributed by atoms with Crippen molar-refractivity contribution < 1.29 is 0 Å². The number of hydrogen-bond acceptors (Lipinski definition) is 1. The zero-order valence-corrected chi connectivity index (χ0v) is 14.1. The summed E-state index contributed by atoms with van der Waals surface area (Å²) in [6.07, 6.45) is 4.79. The molecule has 0 heterocycles. The van der Waals surface area contributed by atoms with E-state index in [2.05, 4.69) is 56.1 Å². The van der Waals surface area contributed by atoms with Gasteiger partial charge < -0.3 is 10.2 Å². The predicted molar refractivity (Wildman–Crippen MR) is 93.5 cm³/mol. The zero-order chi connectivity index (χ0) is 15.0. The van der Waals surface area contributed by atoms with Crippen molar-refractivity contribution in [3.05, 3.63) is 29.3 Å². The van der Waals surface area contributed by atoms with Crippen molar-refractivity contribution in [1.29, 1.82) is 0 Å². The lowest BCUT2D eigenvalue weighted by molar-refractivity contribution is 0.403. The van der Waals surface area contributed by atoms with E-state index >= 15 is 0 Å². The first kappa shape index (κ1) is 17.0. The molecule has 0 atom stereocenters. The van der Waals surface area contributed by atoms with Crippen LogP contribution in [-0.4, -0.2) is 23.1 Å². The van der Waals surface area contributed by atoms with E-state index in [0.717, 1.165) is 23.9 Å². The molecule has 20 heavy (non-hydrogen) atoms. The van der Waals surface area contributed by atoms with E-state index < -0.39 is 0 Å². The molecule has 0 saturated heterocycles. The highest BCUT2D eigenvalue weighted by Gasteiger charge is 2.10. The lowest BCUT2D eigenvalue weighted by atomic mass is 10.1. The molecule has 0 aromatic heterocycles. The fourth-order valence-corrected chi connectivity index (χ4v) is 2.37. The van der Waals surface area contributed by atoms with Gasteiger partial charge in [0.2, 0.25) is 0 Å². The smallest absolute Gasteiger partial charge is 0.173 e. The molecule has 112 valence electrons. The third-order valence-electron chi connectivity index (χ3n) is 3.49. The van der Waals surface area contributed by atoms with E-state index in [0.29, 0.717) is 0 Å². The van der Waals surface area contributed by atoms with Crippen LogP contribution in [0, 0.1) is 13.8 Å². The molecule has 1 aromatic carbocycles. The molecule has 0 aliphatic rings. The third kappa shape index (κ3) is 5.49. The van der Waals surface area contributed by atoms with Crippen LogP contribution in [0.3, 0.4) is 0 Å². The highest BCUT2D eigenvalue weighted by atomic mass is 32.1. The number of aryl methyl sites for hydroxylation is 2. The fourth-order valence-electron chi connectivity index (χ4n) is 2.08. The van der Waals surface area contributed by atoms with Gasteiger partial charge in [-0.3, -0.25) is 0 Å². The van der Waals surface area contributed by atoms with Crippen LogP contribution in [0.15, 0.2) is 18.2 Å². The second-order valence-electron chi connectivity index (χ2n) is 5.44. The van der Waals surface area contributed by atoms with Crippen LogP contribution in [0.2, 0.25) is 0 Å². The molecule has 0 radical (unpaired) electrons. The average molecular weight is 292 g/mol. The Kier molecular flexibility index (Phi) is 7.60. The first-order valence-corrected chi connectivity index (χ1v) is 8.12. The van der Waals surface area contributed by atoms with Gasteiger partial charge in [0.25, 0.3) is 0 Å². The summed E-state index contributed by atoms with van der Waals surface area (Å²) in [5, 5.41) is 4.29. The fraction of sp³-hybridized carbons (Fsp3) is 0.588. The molecule has 0 saturated carbocycles. The number of nitrogens with one attached hydrogen (secondary N) is 1. The Morgan fingerprint density at radius 2 is 1.70 bits per heavy atom. The minimum Gasteiger partial charge on any atom is -0.349 e. The third-order valence-corrected chi connectivity index (χ3v) is 3.85. The summed E-state index contributed by atoms with van der Waals surface area (Å²) in [6, 6.07) is 6.44. The maximum atomic E-state index is 5.60. The summed E-state index contributed by atoms with van der Waals surface area (Å²) in [6.45, 7) is 10.8. The molecule has 0 aliphatic heterocycles. The number of hydrogen-bond donors (Lipinski definition) is 1. The molecule has 1 rings (SSSR count). The quantitative estimate of drug-likeness (QED) is 0.719. The molecule has 1 aromatic rings. The van der Waals surface area contributed by atoms with Crippen LogP contribution in [0.4, 0.5) is 5.69 Å². The van der Waals surface area contributed by atoms with E-state index in [-0.39, 0.29) is 0 Å². The lowest BCUT2D eigenvalue weighted by Crippen LogP contribution is -2.36. The van der Waals surface area contributed by atoms with Crippen molar-refractivity contribution in [1.82, 2.24) is 4.90 Å². The van der Waals surface area contributed by atoms with Crippen molar-refractivity contribution in [2.75, 3.05) is 18.4 Å². The van der Waals surface area contributed by atoms with E-state index in [9.17, 15) is 0 Å². The Hall–Kier alpha value is -1.09. The van der Waals surface area contributed by atoms with Gasteiger partial charge in [-0.05, 0) is 56.1 Å². The topological polar surface area (TPSA) is 15.3 Å². The molecular weight excluding hydrogens is 264 g/mol. The maximum Gasteiger partial charge on any atom is 0.173 e. The lowest BCUT2D eigenvalue weighted by Gasteiger charge is -2.26. The summed E-state index contributed by atoms with van der Waals surface area (Å²) >= 11 is 5.60. The first-order chi connectivity index (χ1) is 9.58. The molecule has 1 N–H and O–H groups in total. The summed E-state index contributed by atoms with van der Waals surface area (Å²) in [5.74, 6) is 0. The minimum atomic E-state index is 0.862. The van der Waals surface area contributed by atoms with Crippen LogP contribution < -0.4 is 5.32 Å². The summed E-state index contributed by atoms with van der Waals surface area (Å²) < 4.78 is 0. The van der Waals surface area contributed by atoms with Gasteiger partial charge in [-0.1, -0.05) is 38.8 Å². The monoisotopic (exact) mass is 292 g/mol. The molecule has 3 heteroatoms. The van der Waals surface area contributed by atoms with Crippen LogP contribution in [0.1, 0.15) is 50.7 Å². The van der Waals surface area contributed by atoms with Gasteiger partial charge >= 0.3 is 0 Å². The van der Waals surface area contributed by atoms with E-state index in [1.807, 2.05) is 0 Å². The normalized spacial score (nSPS) is 10.4. The number of benzene rings is 1. The SMILES string of the molecule is CCCCN(CCCC)C(=S)Nc1cc(C)ccc1C. The van der Waals surface area contributed by atoms with Gasteiger partial charge in [-0.2, -0.15) is 0 Å². The Morgan fingerprint density at radius 1 is 1.10 bits per heavy atom. The Bertz CT molecular complexity index is 421. The minimum absolute atomic E-state index is 0.862. The highest BCUT2D eigenvalue weighted by Crippen LogP contribution is 2.17. The molecule has 0 aliphatic carbocycles.